The van der Waals surface area contributed by atoms with E-state index < -0.39 is 0 Å². The van der Waals surface area contributed by atoms with Crippen molar-refractivity contribution in [2.75, 3.05) is 12.0 Å². The van der Waals surface area contributed by atoms with Crippen LogP contribution in [0.4, 0.5) is 5.69 Å². The topological polar surface area (TPSA) is 55.3 Å². The van der Waals surface area contributed by atoms with Crippen LogP contribution in [-0.4, -0.2) is 23.0 Å². The summed E-state index contributed by atoms with van der Waals surface area (Å²) in [6, 6.07) is 19.7. The number of hydrogen-bond donors (Lipinski definition) is 0. The molecule has 5 rings (SSSR count). The smallest absolute Gasteiger partial charge is 0.259 e. The molecule has 0 spiro atoms. The molecule has 0 radical (unpaired) electrons. The van der Waals surface area contributed by atoms with Gasteiger partial charge in [0.05, 0.1) is 19.3 Å². The number of aryl methyl sites for hydroxylation is 2. The lowest BCUT2D eigenvalue weighted by Crippen LogP contribution is -2.25. The molecule has 0 saturated carbocycles. The van der Waals surface area contributed by atoms with E-state index >= 15 is 0 Å². The van der Waals surface area contributed by atoms with E-state index in [4.69, 9.17) is 4.74 Å². The maximum Gasteiger partial charge on any atom is 0.259 e. The van der Waals surface area contributed by atoms with Crippen molar-refractivity contribution in [3.63, 3.8) is 0 Å². The molecule has 0 unspecified atom stereocenters. The second kappa shape index (κ2) is 6.95. The number of methoxy groups -OCH3 is 1. The molecule has 4 aromatic rings. The Morgan fingerprint density at radius 3 is 2.30 bits per heavy atom. The number of carbonyl (C=O) groups excluding carboxylic acids is 1. The van der Waals surface area contributed by atoms with Crippen LogP contribution in [0.25, 0.3) is 22.2 Å². The highest BCUT2D eigenvalue weighted by Crippen LogP contribution is 2.41. The van der Waals surface area contributed by atoms with Gasteiger partial charge in [0.15, 0.2) is 5.82 Å². The maximum absolute atomic E-state index is 13.2. The molecule has 5 heteroatoms. The SMILES string of the molecule is COc1ccc(CN2C(=O)c3ccc(-c4nc(C)cc(C)n4)c4cccc2c34)cc1. The molecule has 1 amide bonds. The Morgan fingerprint density at radius 2 is 1.60 bits per heavy atom. The fourth-order valence-electron chi connectivity index (χ4n) is 4.16. The average Bonchev–Trinajstić information content (AvgIpc) is 3.01. The second-order valence-corrected chi connectivity index (χ2v) is 7.57. The monoisotopic (exact) mass is 395 g/mol. The van der Waals surface area contributed by atoms with Gasteiger partial charge >= 0.3 is 0 Å². The predicted octanol–water partition coefficient (Wildman–Crippen LogP) is 5.08. The van der Waals surface area contributed by atoms with Crippen molar-refractivity contribution in [1.29, 1.82) is 0 Å². The number of hydrogen-bond acceptors (Lipinski definition) is 4. The van der Waals surface area contributed by atoms with Gasteiger partial charge in [0.1, 0.15) is 5.75 Å². The predicted molar refractivity (Wildman–Crippen MR) is 118 cm³/mol. The summed E-state index contributed by atoms with van der Waals surface area (Å²) in [4.78, 5) is 24.3. The summed E-state index contributed by atoms with van der Waals surface area (Å²) in [7, 11) is 1.65. The molecular weight excluding hydrogens is 374 g/mol. The first-order valence-corrected chi connectivity index (χ1v) is 9.88. The third-order valence-corrected chi connectivity index (χ3v) is 5.51. The largest absolute Gasteiger partial charge is 0.497 e. The van der Waals surface area contributed by atoms with Gasteiger partial charge in [0, 0.05) is 27.9 Å². The van der Waals surface area contributed by atoms with Crippen LogP contribution in [0.5, 0.6) is 5.75 Å². The number of carbonyl (C=O) groups is 1. The van der Waals surface area contributed by atoms with Crippen LogP contribution in [0.1, 0.15) is 27.3 Å². The lowest BCUT2D eigenvalue weighted by atomic mass is 9.99. The van der Waals surface area contributed by atoms with E-state index in [0.29, 0.717) is 12.4 Å². The number of anilines is 1. The molecule has 1 aromatic heterocycles. The lowest BCUT2D eigenvalue weighted by Gasteiger charge is -2.18. The molecule has 148 valence electrons. The van der Waals surface area contributed by atoms with Crippen molar-refractivity contribution in [2.24, 2.45) is 0 Å². The van der Waals surface area contributed by atoms with Gasteiger partial charge < -0.3 is 9.64 Å². The highest BCUT2D eigenvalue weighted by Gasteiger charge is 2.31. The standard InChI is InChI=1S/C25H21N3O2/c1-15-13-16(2)27-24(26-15)20-11-12-21-23-19(20)5-4-6-22(23)28(25(21)29)14-17-7-9-18(30-3)10-8-17/h4-13H,14H2,1-3H3. The number of nitrogens with zero attached hydrogens (tertiary/aromatic N) is 3. The van der Waals surface area contributed by atoms with Crippen LogP contribution in [-0.2, 0) is 6.54 Å². The number of aromatic nitrogens is 2. The van der Waals surface area contributed by atoms with Crippen LogP contribution in [0, 0.1) is 13.8 Å². The van der Waals surface area contributed by atoms with Gasteiger partial charge in [-0.15, -0.1) is 0 Å². The molecule has 5 nitrogen and oxygen atoms in total. The van der Waals surface area contributed by atoms with Crippen molar-refractivity contribution >= 4 is 22.4 Å². The molecule has 30 heavy (non-hydrogen) atoms. The van der Waals surface area contributed by atoms with E-state index in [1.165, 1.54) is 0 Å². The minimum Gasteiger partial charge on any atom is -0.497 e. The zero-order valence-corrected chi connectivity index (χ0v) is 17.1. The fourth-order valence-corrected chi connectivity index (χ4v) is 4.16. The molecular formula is C25H21N3O2. The van der Waals surface area contributed by atoms with E-state index in [0.717, 1.165) is 50.3 Å². The highest BCUT2D eigenvalue weighted by molar-refractivity contribution is 6.26. The number of benzene rings is 3. The molecule has 1 aliphatic rings. The summed E-state index contributed by atoms with van der Waals surface area (Å²) in [5, 5.41) is 1.97. The van der Waals surface area contributed by atoms with Gasteiger partial charge in [-0.2, -0.15) is 0 Å². The first-order chi connectivity index (χ1) is 14.5. The molecule has 0 aliphatic carbocycles. The van der Waals surface area contributed by atoms with E-state index in [1.807, 2.05) is 79.4 Å². The molecule has 0 saturated heterocycles. The van der Waals surface area contributed by atoms with Gasteiger partial charge in [-0.3, -0.25) is 4.79 Å². The van der Waals surface area contributed by atoms with Gasteiger partial charge in [0.2, 0.25) is 0 Å². The average molecular weight is 395 g/mol. The van der Waals surface area contributed by atoms with Crippen molar-refractivity contribution in [3.8, 4) is 17.1 Å². The van der Waals surface area contributed by atoms with Crippen LogP contribution in [0.2, 0.25) is 0 Å². The molecule has 0 N–H and O–H groups in total. The maximum atomic E-state index is 13.2. The summed E-state index contributed by atoms with van der Waals surface area (Å²) < 4.78 is 5.24. The normalized spacial score (nSPS) is 12.6. The Hall–Kier alpha value is -3.73. The van der Waals surface area contributed by atoms with Crippen LogP contribution in [0.15, 0.2) is 60.7 Å². The third-order valence-electron chi connectivity index (χ3n) is 5.51. The van der Waals surface area contributed by atoms with Gasteiger partial charge in [-0.1, -0.05) is 24.3 Å². The van der Waals surface area contributed by atoms with Gasteiger partial charge in [-0.05, 0) is 61.2 Å². The van der Waals surface area contributed by atoms with E-state index in [9.17, 15) is 4.79 Å². The zero-order valence-electron chi connectivity index (χ0n) is 17.1. The molecule has 3 aromatic carbocycles. The first kappa shape index (κ1) is 18.3. The molecule has 0 atom stereocenters. The highest BCUT2D eigenvalue weighted by atomic mass is 16.5. The Labute approximate surface area is 175 Å². The van der Waals surface area contributed by atoms with Crippen LogP contribution >= 0.6 is 0 Å². The van der Waals surface area contributed by atoms with Crippen LogP contribution < -0.4 is 9.64 Å². The van der Waals surface area contributed by atoms with Gasteiger partial charge in [-0.25, -0.2) is 9.97 Å². The lowest BCUT2D eigenvalue weighted by molar-refractivity contribution is 0.0991. The summed E-state index contributed by atoms with van der Waals surface area (Å²) in [6.45, 7) is 4.45. The first-order valence-electron chi connectivity index (χ1n) is 9.88. The van der Waals surface area contributed by atoms with Crippen LogP contribution in [0.3, 0.4) is 0 Å². The van der Waals surface area contributed by atoms with E-state index in [2.05, 4.69) is 9.97 Å². The van der Waals surface area contributed by atoms with Crippen molar-refractivity contribution in [2.45, 2.75) is 20.4 Å². The molecule has 1 aliphatic heterocycles. The summed E-state index contributed by atoms with van der Waals surface area (Å²) >= 11 is 0. The summed E-state index contributed by atoms with van der Waals surface area (Å²) in [5.74, 6) is 1.51. The van der Waals surface area contributed by atoms with E-state index in [-0.39, 0.29) is 5.91 Å². The fraction of sp³-hybridized carbons (Fsp3) is 0.160. The second-order valence-electron chi connectivity index (χ2n) is 7.57. The number of ether oxygens (including phenoxy) is 1. The molecule has 0 bridgehead atoms. The van der Waals surface area contributed by atoms with Crippen molar-refractivity contribution in [1.82, 2.24) is 9.97 Å². The Kier molecular flexibility index (Phi) is 4.24. The third kappa shape index (κ3) is 2.90. The quantitative estimate of drug-likeness (QED) is 0.483. The van der Waals surface area contributed by atoms with Crippen molar-refractivity contribution in [3.05, 3.63) is 83.2 Å². The van der Waals surface area contributed by atoms with Crippen molar-refractivity contribution < 1.29 is 9.53 Å². The number of rotatable bonds is 4. The molecule has 2 heterocycles. The van der Waals surface area contributed by atoms with E-state index in [1.54, 1.807) is 7.11 Å². The Bertz CT molecular complexity index is 1280. The Morgan fingerprint density at radius 1 is 0.900 bits per heavy atom. The zero-order chi connectivity index (χ0) is 20.8. The number of amides is 1. The van der Waals surface area contributed by atoms with Gasteiger partial charge in [0.25, 0.3) is 5.91 Å². The minimum atomic E-state index is 0.0184. The molecule has 0 fully saturated rings. The minimum absolute atomic E-state index is 0.0184. The summed E-state index contributed by atoms with van der Waals surface area (Å²) in [5.41, 5.74) is 5.50. The summed E-state index contributed by atoms with van der Waals surface area (Å²) in [6.07, 6.45) is 0. The Balaban J connectivity index is 1.62.